The van der Waals surface area contributed by atoms with Gasteiger partial charge < -0.3 is 5.73 Å². The SMILES string of the molecule is NC(=O)c1cc(F)cc(F)c1F. The number of halogens is 3. The first-order valence-electron chi connectivity index (χ1n) is 2.96. The molecule has 12 heavy (non-hydrogen) atoms. The van der Waals surface area contributed by atoms with E-state index < -0.39 is 28.9 Å². The van der Waals surface area contributed by atoms with E-state index in [0.717, 1.165) is 0 Å². The zero-order chi connectivity index (χ0) is 9.30. The number of carbonyl (C=O) groups excluding carboxylic acids is 1. The van der Waals surface area contributed by atoms with Crippen LogP contribution in [0.15, 0.2) is 12.1 Å². The van der Waals surface area contributed by atoms with Gasteiger partial charge >= 0.3 is 0 Å². The van der Waals surface area contributed by atoms with Crippen molar-refractivity contribution in [1.29, 1.82) is 0 Å². The van der Waals surface area contributed by atoms with Gasteiger partial charge in [0.2, 0.25) is 0 Å². The van der Waals surface area contributed by atoms with E-state index in [2.05, 4.69) is 5.73 Å². The summed E-state index contributed by atoms with van der Waals surface area (Å²) < 4.78 is 37.3. The summed E-state index contributed by atoms with van der Waals surface area (Å²) in [6.45, 7) is 0. The van der Waals surface area contributed by atoms with Crippen molar-refractivity contribution in [1.82, 2.24) is 0 Å². The number of rotatable bonds is 1. The molecule has 0 heterocycles. The van der Waals surface area contributed by atoms with Crippen LogP contribution in [0.5, 0.6) is 0 Å². The van der Waals surface area contributed by atoms with Crippen LogP contribution in [0.1, 0.15) is 10.4 Å². The summed E-state index contributed by atoms with van der Waals surface area (Å²) in [5.41, 5.74) is 3.86. The lowest BCUT2D eigenvalue weighted by Gasteiger charge is -1.98. The molecule has 2 N–H and O–H groups in total. The van der Waals surface area contributed by atoms with Crippen molar-refractivity contribution in [3.8, 4) is 0 Å². The first-order valence-corrected chi connectivity index (χ1v) is 2.96. The average molecular weight is 175 g/mol. The molecule has 0 saturated carbocycles. The molecule has 0 unspecified atom stereocenters. The molecular weight excluding hydrogens is 171 g/mol. The zero-order valence-electron chi connectivity index (χ0n) is 5.77. The number of amides is 1. The Kier molecular flexibility index (Phi) is 2.03. The lowest BCUT2D eigenvalue weighted by molar-refractivity contribution is 0.0995. The minimum Gasteiger partial charge on any atom is -0.366 e. The lowest BCUT2D eigenvalue weighted by Crippen LogP contribution is -2.14. The molecule has 0 aliphatic rings. The third kappa shape index (κ3) is 1.39. The van der Waals surface area contributed by atoms with Crippen molar-refractivity contribution in [2.24, 2.45) is 5.73 Å². The zero-order valence-corrected chi connectivity index (χ0v) is 5.77. The van der Waals surface area contributed by atoms with E-state index in [1.807, 2.05) is 0 Å². The van der Waals surface area contributed by atoms with Crippen LogP contribution >= 0.6 is 0 Å². The minimum absolute atomic E-state index is 0.335. The molecule has 0 bridgehead atoms. The molecule has 5 heteroatoms. The molecule has 2 nitrogen and oxygen atoms in total. The Morgan fingerprint density at radius 2 is 1.83 bits per heavy atom. The molecule has 1 aromatic rings. The smallest absolute Gasteiger partial charge is 0.251 e. The number of benzene rings is 1. The normalized spacial score (nSPS) is 9.92. The van der Waals surface area contributed by atoms with Gasteiger partial charge in [-0.25, -0.2) is 13.2 Å². The molecule has 0 aromatic heterocycles. The van der Waals surface area contributed by atoms with Gasteiger partial charge in [-0.15, -0.1) is 0 Å². The first kappa shape index (κ1) is 8.58. The summed E-state index contributed by atoms with van der Waals surface area (Å²) in [6, 6.07) is 0.878. The van der Waals surface area contributed by atoms with Gasteiger partial charge in [-0.3, -0.25) is 4.79 Å². The molecule has 0 fully saturated rings. The van der Waals surface area contributed by atoms with Crippen molar-refractivity contribution in [2.45, 2.75) is 0 Å². The highest BCUT2D eigenvalue weighted by atomic mass is 19.2. The van der Waals surface area contributed by atoms with Crippen LogP contribution in [-0.2, 0) is 0 Å². The second kappa shape index (κ2) is 2.84. The fourth-order valence-electron chi connectivity index (χ4n) is 0.735. The molecule has 0 saturated heterocycles. The van der Waals surface area contributed by atoms with E-state index in [0.29, 0.717) is 12.1 Å². The van der Waals surface area contributed by atoms with E-state index in [-0.39, 0.29) is 0 Å². The Bertz CT molecular complexity index is 338. The second-order valence-electron chi connectivity index (χ2n) is 2.11. The highest BCUT2D eigenvalue weighted by molar-refractivity contribution is 5.93. The topological polar surface area (TPSA) is 43.1 Å². The summed E-state index contributed by atoms with van der Waals surface area (Å²) in [6.07, 6.45) is 0. The minimum atomic E-state index is -1.43. The maximum absolute atomic E-state index is 12.6. The maximum atomic E-state index is 12.6. The van der Waals surface area contributed by atoms with Crippen molar-refractivity contribution < 1.29 is 18.0 Å². The van der Waals surface area contributed by atoms with Crippen LogP contribution in [0.2, 0.25) is 0 Å². The number of hydrogen-bond donors (Lipinski definition) is 1. The molecule has 0 spiro atoms. The molecular formula is C7H4F3NO. The Hall–Kier alpha value is -1.52. The largest absolute Gasteiger partial charge is 0.366 e. The van der Waals surface area contributed by atoms with Gasteiger partial charge in [0.05, 0.1) is 5.56 Å². The number of carbonyl (C=O) groups is 1. The van der Waals surface area contributed by atoms with Gasteiger partial charge in [-0.1, -0.05) is 0 Å². The van der Waals surface area contributed by atoms with Crippen LogP contribution in [-0.4, -0.2) is 5.91 Å². The van der Waals surface area contributed by atoms with Crippen LogP contribution in [0.3, 0.4) is 0 Å². The van der Waals surface area contributed by atoms with Gasteiger partial charge in [0, 0.05) is 6.07 Å². The second-order valence-corrected chi connectivity index (χ2v) is 2.11. The molecule has 0 aliphatic heterocycles. The number of hydrogen-bond acceptors (Lipinski definition) is 1. The van der Waals surface area contributed by atoms with E-state index in [1.54, 1.807) is 0 Å². The highest BCUT2D eigenvalue weighted by Crippen LogP contribution is 2.13. The third-order valence-corrected chi connectivity index (χ3v) is 1.26. The summed E-state index contributed by atoms with van der Waals surface area (Å²) in [4.78, 5) is 10.4. The Balaban J connectivity index is 3.37. The summed E-state index contributed by atoms with van der Waals surface area (Å²) in [5, 5.41) is 0. The van der Waals surface area contributed by atoms with Crippen molar-refractivity contribution in [2.75, 3.05) is 0 Å². The van der Waals surface area contributed by atoms with Crippen LogP contribution < -0.4 is 5.73 Å². The van der Waals surface area contributed by atoms with Crippen molar-refractivity contribution in [3.63, 3.8) is 0 Å². The van der Waals surface area contributed by atoms with Gasteiger partial charge in [0.25, 0.3) is 5.91 Å². The van der Waals surface area contributed by atoms with Crippen LogP contribution in [0.4, 0.5) is 13.2 Å². The van der Waals surface area contributed by atoms with Crippen LogP contribution in [0, 0.1) is 17.5 Å². The molecule has 0 radical (unpaired) electrons. The maximum Gasteiger partial charge on any atom is 0.251 e. The summed E-state index contributed by atoms with van der Waals surface area (Å²) >= 11 is 0. The predicted molar refractivity (Wildman–Crippen MR) is 34.8 cm³/mol. The Morgan fingerprint density at radius 3 is 2.33 bits per heavy atom. The van der Waals surface area contributed by atoms with E-state index in [4.69, 9.17) is 0 Å². The van der Waals surface area contributed by atoms with Gasteiger partial charge in [-0.2, -0.15) is 0 Å². The first-order chi connectivity index (χ1) is 5.52. The van der Waals surface area contributed by atoms with E-state index in [9.17, 15) is 18.0 Å². The van der Waals surface area contributed by atoms with Gasteiger partial charge in [-0.05, 0) is 6.07 Å². The molecule has 0 aliphatic carbocycles. The summed E-state index contributed by atoms with van der Waals surface area (Å²) in [5.74, 6) is -5.10. The molecule has 1 amide bonds. The van der Waals surface area contributed by atoms with E-state index in [1.165, 1.54) is 0 Å². The average Bonchev–Trinajstić information content (AvgIpc) is 1.96. The molecule has 1 rings (SSSR count). The van der Waals surface area contributed by atoms with Gasteiger partial charge in [0.1, 0.15) is 5.82 Å². The third-order valence-electron chi connectivity index (χ3n) is 1.26. The standard InChI is InChI=1S/C7H4F3NO/c8-3-1-4(7(11)12)6(10)5(9)2-3/h1-2H,(H2,11,12). The molecule has 64 valence electrons. The lowest BCUT2D eigenvalue weighted by atomic mass is 10.2. The van der Waals surface area contributed by atoms with Gasteiger partial charge in [0.15, 0.2) is 11.6 Å². The summed E-state index contributed by atoms with van der Waals surface area (Å²) in [7, 11) is 0. The Morgan fingerprint density at radius 1 is 1.25 bits per heavy atom. The number of nitrogens with two attached hydrogens (primary N) is 1. The van der Waals surface area contributed by atoms with Crippen molar-refractivity contribution >= 4 is 5.91 Å². The molecule has 0 atom stereocenters. The quantitative estimate of drug-likeness (QED) is 0.640. The fraction of sp³-hybridized carbons (Fsp3) is 0. The fourth-order valence-corrected chi connectivity index (χ4v) is 0.735. The Labute approximate surface area is 65.8 Å². The van der Waals surface area contributed by atoms with Crippen molar-refractivity contribution in [3.05, 3.63) is 35.1 Å². The number of primary amides is 1. The predicted octanol–water partition coefficient (Wildman–Crippen LogP) is 1.20. The highest BCUT2D eigenvalue weighted by Gasteiger charge is 2.14. The monoisotopic (exact) mass is 175 g/mol. The van der Waals surface area contributed by atoms with Crippen LogP contribution in [0.25, 0.3) is 0 Å². The molecule has 1 aromatic carbocycles. The van der Waals surface area contributed by atoms with E-state index >= 15 is 0 Å².